The molecule has 0 bridgehead atoms. The van der Waals surface area contributed by atoms with E-state index < -0.39 is 18.0 Å². The summed E-state index contributed by atoms with van der Waals surface area (Å²) < 4.78 is 11.8. The molecule has 0 saturated carbocycles. The smallest absolute Gasteiger partial charge is 0.338 e. The monoisotopic (exact) mass is 483 g/mol. The molecule has 8 nitrogen and oxygen atoms in total. The number of nitrogens with zero attached hydrogens (tertiary/aromatic N) is 2. The third-order valence-corrected chi connectivity index (χ3v) is 5.71. The van der Waals surface area contributed by atoms with E-state index in [1.54, 1.807) is 53.2 Å². The normalized spacial score (nSPS) is 11.6. The van der Waals surface area contributed by atoms with Crippen LogP contribution in [0.5, 0.6) is 0 Å². The molecule has 1 heterocycles. The largest absolute Gasteiger partial charge is 0.469 e. The second-order valence-corrected chi connectivity index (χ2v) is 8.11. The van der Waals surface area contributed by atoms with Crippen LogP contribution in [0, 0.1) is 13.8 Å². The Balaban J connectivity index is 1.66. The molecule has 0 spiro atoms. The first kappa shape index (κ1) is 25.0. The number of anilines is 1. The van der Waals surface area contributed by atoms with Crippen molar-refractivity contribution in [3.05, 3.63) is 76.1 Å². The molecule has 0 fully saturated rings. The third kappa shape index (κ3) is 5.82. The molecule has 178 valence electrons. The van der Waals surface area contributed by atoms with Crippen LogP contribution in [0.4, 0.5) is 5.69 Å². The van der Waals surface area contributed by atoms with Crippen LogP contribution in [0.15, 0.2) is 48.5 Å². The van der Waals surface area contributed by atoms with Crippen molar-refractivity contribution >= 4 is 35.1 Å². The molecule has 2 aromatic carbocycles. The van der Waals surface area contributed by atoms with Crippen molar-refractivity contribution in [3.8, 4) is 5.69 Å². The van der Waals surface area contributed by atoms with Crippen molar-refractivity contribution in [1.29, 1.82) is 0 Å². The minimum absolute atomic E-state index is 0.274. The van der Waals surface area contributed by atoms with Gasteiger partial charge in [-0.2, -0.15) is 5.10 Å². The number of para-hydroxylation sites is 1. The van der Waals surface area contributed by atoms with Crippen molar-refractivity contribution < 1.29 is 23.9 Å². The highest BCUT2D eigenvalue weighted by molar-refractivity contribution is 6.33. The highest BCUT2D eigenvalue weighted by atomic mass is 35.5. The molecular weight excluding hydrogens is 458 g/mol. The highest BCUT2D eigenvalue weighted by Crippen LogP contribution is 2.22. The summed E-state index contributed by atoms with van der Waals surface area (Å²) in [5.74, 6) is -1.38. The lowest BCUT2D eigenvalue weighted by atomic mass is 10.1. The van der Waals surface area contributed by atoms with Crippen LogP contribution in [0.25, 0.3) is 5.69 Å². The second kappa shape index (κ2) is 11.0. The number of hydrogen-bond acceptors (Lipinski definition) is 6. The van der Waals surface area contributed by atoms with Gasteiger partial charge in [0.2, 0.25) is 0 Å². The Kier molecular flexibility index (Phi) is 8.07. The number of carbonyl (C=O) groups excluding carboxylic acids is 3. The number of benzene rings is 2. The summed E-state index contributed by atoms with van der Waals surface area (Å²) in [4.78, 5) is 36.4. The maximum absolute atomic E-state index is 12.5. The number of nitrogens with one attached hydrogen (secondary N) is 1. The number of rotatable bonds is 8. The van der Waals surface area contributed by atoms with Gasteiger partial charge in [0.15, 0.2) is 6.10 Å². The molecule has 0 radical (unpaired) electrons. The molecule has 9 heteroatoms. The van der Waals surface area contributed by atoms with Crippen LogP contribution in [-0.2, 0) is 25.5 Å². The second-order valence-electron chi connectivity index (χ2n) is 7.70. The number of amides is 1. The molecule has 0 saturated heterocycles. The van der Waals surface area contributed by atoms with Gasteiger partial charge in [-0.15, -0.1) is 0 Å². The fraction of sp³-hybridized carbons (Fsp3) is 0.280. The minimum atomic E-state index is -1.02. The van der Waals surface area contributed by atoms with Gasteiger partial charge in [0, 0.05) is 12.1 Å². The summed E-state index contributed by atoms with van der Waals surface area (Å²) in [5, 5.41) is 7.60. The van der Waals surface area contributed by atoms with Crippen LogP contribution in [0.1, 0.15) is 40.7 Å². The maximum Gasteiger partial charge on any atom is 0.338 e. The van der Waals surface area contributed by atoms with E-state index in [0.717, 1.165) is 22.6 Å². The third-order valence-electron chi connectivity index (χ3n) is 5.38. The Hall–Kier alpha value is -3.65. The summed E-state index contributed by atoms with van der Waals surface area (Å²) in [6.07, 6.45) is -0.211. The van der Waals surface area contributed by atoms with Crippen LogP contribution in [0.3, 0.4) is 0 Å². The Morgan fingerprint density at radius 3 is 2.41 bits per heavy atom. The average molecular weight is 484 g/mol. The first-order valence-electron chi connectivity index (χ1n) is 10.7. The molecule has 1 N–H and O–H groups in total. The van der Waals surface area contributed by atoms with E-state index in [4.69, 9.17) is 21.1 Å². The van der Waals surface area contributed by atoms with E-state index in [1.165, 1.54) is 14.0 Å². The number of methoxy groups -OCH3 is 1. The molecule has 3 aromatic rings. The van der Waals surface area contributed by atoms with E-state index in [0.29, 0.717) is 22.7 Å². The maximum atomic E-state index is 12.5. The van der Waals surface area contributed by atoms with Gasteiger partial charge in [0.05, 0.1) is 34.8 Å². The van der Waals surface area contributed by atoms with Gasteiger partial charge in [-0.3, -0.25) is 9.59 Å². The molecular formula is C25H26ClN3O5. The summed E-state index contributed by atoms with van der Waals surface area (Å²) >= 11 is 6.05. The van der Waals surface area contributed by atoms with Crippen LogP contribution < -0.4 is 5.32 Å². The van der Waals surface area contributed by atoms with Crippen molar-refractivity contribution in [1.82, 2.24) is 9.78 Å². The lowest BCUT2D eigenvalue weighted by Gasteiger charge is -2.14. The van der Waals surface area contributed by atoms with Gasteiger partial charge in [0.25, 0.3) is 5.91 Å². The zero-order chi connectivity index (χ0) is 24.8. The van der Waals surface area contributed by atoms with Crippen molar-refractivity contribution in [2.75, 3.05) is 12.4 Å². The molecule has 1 atom stereocenters. The van der Waals surface area contributed by atoms with Crippen LogP contribution >= 0.6 is 11.6 Å². The van der Waals surface area contributed by atoms with Gasteiger partial charge in [0.1, 0.15) is 0 Å². The molecule has 34 heavy (non-hydrogen) atoms. The first-order valence-corrected chi connectivity index (χ1v) is 11.1. The Morgan fingerprint density at radius 2 is 1.76 bits per heavy atom. The van der Waals surface area contributed by atoms with E-state index in [-0.39, 0.29) is 12.4 Å². The number of hydrogen-bond donors (Lipinski definition) is 1. The minimum Gasteiger partial charge on any atom is -0.469 e. The number of esters is 2. The predicted molar refractivity (Wildman–Crippen MR) is 128 cm³/mol. The fourth-order valence-electron chi connectivity index (χ4n) is 3.44. The van der Waals surface area contributed by atoms with Gasteiger partial charge in [-0.05, 0) is 69.2 Å². The quantitative estimate of drug-likeness (QED) is 0.476. The summed E-state index contributed by atoms with van der Waals surface area (Å²) in [6, 6.07) is 13.5. The number of aromatic nitrogens is 2. The molecule has 0 aliphatic carbocycles. The van der Waals surface area contributed by atoms with Crippen molar-refractivity contribution in [2.45, 2.75) is 39.7 Å². The van der Waals surface area contributed by atoms with Crippen LogP contribution in [0.2, 0.25) is 5.02 Å². The first-order chi connectivity index (χ1) is 16.2. The predicted octanol–water partition coefficient (Wildman–Crippen LogP) is 4.43. The standard InChI is InChI=1S/C25H26ClN3O5/c1-15-20(13-14-23(30)33-4)16(2)29(28-15)19-11-9-18(10-12-19)25(32)34-17(3)24(31)27-22-8-6-5-7-21(22)26/h5-12,17H,13-14H2,1-4H3,(H,27,31). The zero-order valence-electron chi connectivity index (χ0n) is 19.4. The Labute approximate surface area is 202 Å². The van der Waals surface area contributed by atoms with E-state index >= 15 is 0 Å². The molecule has 0 aliphatic heterocycles. The number of ether oxygens (including phenoxy) is 2. The summed E-state index contributed by atoms with van der Waals surface area (Å²) in [6.45, 7) is 5.30. The topological polar surface area (TPSA) is 99.5 Å². The van der Waals surface area contributed by atoms with Crippen molar-refractivity contribution in [2.24, 2.45) is 0 Å². The molecule has 1 amide bonds. The fourth-order valence-corrected chi connectivity index (χ4v) is 3.62. The number of aryl methyl sites for hydroxylation is 1. The molecule has 0 aliphatic rings. The van der Waals surface area contributed by atoms with Gasteiger partial charge < -0.3 is 14.8 Å². The van der Waals surface area contributed by atoms with Crippen LogP contribution in [-0.4, -0.2) is 40.8 Å². The Bertz CT molecular complexity index is 1200. The SMILES string of the molecule is COC(=O)CCc1c(C)nn(-c2ccc(C(=O)OC(C)C(=O)Nc3ccccc3Cl)cc2)c1C. The number of carbonyl (C=O) groups is 3. The lowest BCUT2D eigenvalue weighted by Crippen LogP contribution is -2.30. The lowest BCUT2D eigenvalue weighted by molar-refractivity contribution is -0.140. The Morgan fingerprint density at radius 1 is 1.09 bits per heavy atom. The summed E-state index contributed by atoms with van der Waals surface area (Å²) in [5.41, 5.74) is 4.20. The highest BCUT2D eigenvalue weighted by Gasteiger charge is 2.20. The molecule has 1 aromatic heterocycles. The number of halogens is 1. The molecule has 1 unspecified atom stereocenters. The molecule has 3 rings (SSSR count). The van der Waals surface area contributed by atoms with E-state index in [9.17, 15) is 14.4 Å². The zero-order valence-corrected chi connectivity index (χ0v) is 20.2. The van der Waals surface area contributed by atoms with E-state index in [2.05, 4.69) is 10.4 Å². The summed E-state index contributed by atoms with van der Waals surface area (Å²) in [7, 11) is 1.37. The average Bonchev–Trinajstić information content (AvgIpc) is 3.11. The van der Waals surface area contributed by atoms with Gasteiger partial charge in [-0.1, -0.05) is 23.7 Å². The van der Waals surface area contributed by atoms with Crippen molar-refractivity contribution in [3.63, 3.8) is 0 Å². The van der Waals surface area contributed by atoms with E-state index in [1.807, 2.05) is 13.8 Å². The van der Waals surface area contributed by atoms with Gasteiger partial charge >= 0.3 is 11.9 Å². The van der Waals surface area contributed by atoms with Gasteiger partial charge in [-0.25, -0.2) is 9.48 Å².